The molecule has 7 heteroatoms. The van der Waals surface area contributed by atoms with Gasteiger partial charge >= 0.3 is 0 Å². The molecule has 0 radical (unpaired) electrons. The smallest absolute Gasteiger partial charge is 0.260 e. The Morgan fingerprint density at radius 2 is 1.97 bits per heavy atom. The Balaban J connectivity index is 1.63. The van der Waals surface area contributed by atoms with E-state index in [4.69, 9.17) is 9.72 Å². The highest BCUT2D eigenvalue weighted by molar-refractivity contribution is 7.98. The standard InChI is InChI=1S/C22H25N3O2S2/c1-16-3-5-17(6-4-16)21(26)25(10-9-24-11-13-27-14-12-24)22-23-19-8-7-18(28-2)15-20(19)29-22/h3-8,15H,9-14H2,1-2H3. The number of hydrogen-bond donors (Lipinski definition) is 0. The summed E-state index contributed by atoms with van der Waals surface area (Å²) in [5.41, 5.74) is 2.78. The maximum Gasteiger partial charge on any atom is 0.260 e. The lowest BCUT2D eigenvalue weighted by molar-refractivity contribution is 0.0391. The van der Waals surface area contributed by atoms with E-state index < -0.39 is 0 Å². The lowest BCUT2D eigenvalue weighted by Crippen LogP contribution is -2.43. The molecule has 29 heavy (non-hydrogen) atoms. The van der Waals surface area contributed by atoms with Gasteiger partial charge in [-0.25, -0.2) is 4.98 Å². The van der Waals surface area contributed by atoms with Crippen LogP contribution in [0.3, 0.4) is 0 Å². The molecular weight excluding hydrogens is 402 g/mol. The van der Waals surface area contributed by atoms with Gasteiger partial charge in [-0.05, 0) is 43.5 Å². The molecule has 1 amide bonds. The molecule has 4 rings (SSSR count). The highest BCUT2D eigenvalue weighted by Crippen LogP contribution is 2.32. The van der Waals surface area contributed by atoms with E-state index in [0.29, 0.717) is 12.1 Å². The molecule has 0 saturated carbocycles. The van der Waals surface area contributed by atoms with Gasteiger partial charge in [-0.3, -0.25) is 14.6 Å². The Labute approximate surface area is 179 Å². The van der Waals surface area contributed by atoms with Crippen LogP contribution in [-0.2, 0) is 4.74 Å². The molecule has 0 aliphatic carbocycles. The first-order chi connectivity index (χ1) is 14.1. The highest BCUT2D eigenvalue weighted by atomic mass is 32.2. The quantitative estimate of drug-likeness (QED) is 0.549. The molecule has 5 nitrogen and oxygen atoms in total. The summed E-state index contributed by atoms with van der Waals surface area (Å²) in [7, 11) is 0. The van der Waals surface area contributed by atoms with Crippen molar-refractivity contribution < 1.29 is 9.53 Å². The van der Waals surface area contributed by atoms with Gasteiger partial charge in [0.1, 0.15) is 0 Å². The number of anilines is 1. The van der Waals surface area contributed by atoms with Crippen molar-refractivity contribution >= 4 is 44.4 Å². The number of thiazole rings is 1. The predicted molar refractivity (Wildman–Crippen MR) is 122 cm³/mol. The number of aryl methyl sites for hydroxylation is 1. The SMILES string of the molecule is CSc1ccc2nc(N(CCN3CCOCC3)C(=O)c3ccc(C)cc3)sc2c1. The molecule has 0 spiro atoms. The fourth-order valence-corrected chi connectivity index (χ4v) is 4.88. The first-order valence-corrected chi connectivity index (χ1v) is 11.8. The summed E-state index contributed by atoms with van der Waals surface area (Å²) in [6, 6.07) is 14.0. The van der Waals surface area contributed by atoms with E-state index in [1.54, 1.807) is 23.1 Å². The second-order valence-corrected chi connectivity index (χ2v) is 9.00. The van der Waals surface area contributed by atoms with Crippen molar-refractivity contribution in [3.8, 4) is 0 Å². The molecule has 3 aromatic rings. The molecule has 1 aliphatic heterocycles. The number of benzene rings is 2. The molecular formula is C22H25N3O2S2. The van der Waals surface area contributed by atoms with E-state index in [-0.39, 0.29) is 5.91 Å². The molecule has 1 fully saturated rings. The van der Waals surface area contributed by atoms with Crippen LogP contribution < -0.4 is 4.90 Å². The lowest BCUT2D eigenvalue weighted by atomic mass is 10.1. The van der Waals surface area contributed by atoms with Gasteiger partial charge in [0.2, 0.25) is 0 Å². The van der Waals surface area contributed by atoms with Crippen molar-refractivity contribution in [2.75, 3.05) is 50.5 Å². The Morgan fingerprint density at radius 3 is 2.69 bits per heavy atom. The zero-order valence-corrected chi connectivity index (χ0v) is 18.4. The number of aromatic nitrogens is 1. The number of carbonyl (C=O) groups is 1. The topological polar surface area (TPSA) is 45.7 Å². The van der Waals surface area contributed by atoms with Crippen molar-refractivity contribution in [3.05, 3.63) is 53.6 Å². The molecule has 1 aromatic heterocycles. The third kappa shape index (κ3) is 4.80. The van der Waals surface area contributed by atoms with Gasteiger partial charge in [-0.2, -0.15) is 0 Å². The molecule has 1 saturated heterocycles. The predicted octanol–water partition coefficient (Wildman–Crippen LogP) is 4.31. The monoisotopic (exact) mass is 427 g/mol. The Kier molecular flexibility index (Phi) is 6.50. The Hall–Kier alpha value is -1.93. The van der Waals surface area contributed by atoms with Crippen LogP contribution in [0.2, 0.25) is 0 Å². The van der Waals surface area contributed by atoms with E-state index in [1.807, 2.05) is 42.2 Å². The zero-order valence-electron chi connectivity index (χ0n) is 16.8. The van der Waals surface area contributed by atoms with E-state index in [1.165, 1.54) is 4.90 Å². The number of carbonyl (C=O) groups excluding carboxylic acids is 1. The van der Waals surface area contributed by atoms with Crippen LogP contribution in [0.25, 0.3) is 10.2 Å². The van der Waals surface area contributed by atoms with Crippen LogP contribution in [0.4, 0.5) is 5.13 Å². The molecule has 2 aromatic carbocycles. The number of thioether (sulfide) groups is 1. The number of nitrogens with zero attached hydrogens (tertiary/aromatic N) is 3. The third-order valence-corrected chi connectivity index (χ3v) is 6.87. The van der Waals surface area contributed by atoms with Crippen molar-refractivity contribution in [2.24, 2.45) is 0 Å². The van der Waals surface area contributed by atoms with Crippen molar-refractivity contribution in [3.63, 3.8) is 0 Å². The fraction of sp³-hybridized carbons (Fsp3) is 0.364. The van der Waals surface area contributed by atoms with E-state index >= 15 is 0 Å². The summed E-state index contributed by atoms with van der Waals surface area (Å²) in [4.78, 5) is 23.6. The first kappa shape index (κ1) is 20.3. The number of morpholine rings is 1. The summed E-state index contributed by atoms with van der Waals surface area (Å²) < 4.78 is 6.56. The summed E-state index contributed by atoms with van der Waals surface area (Å²) >= 11 is 3.30. The molecule has 1 aliphatic rings. The van der Waals surface area contributed by atoms with Crippen LogP contribution in [-0.4, -0.2) is 61.4 Å². The number of amides is 1. The molecule has 0 bridgehead atoms. The van der Waals surface area contributed by atoms with Crippen LogP contribution >= 0.6 is 23.1 Å². The minimum Gasteiger partial charge on any atom is -0.379 e. The summed E-state index contributed by atoms with van der Waals surface area (Å²) in [6.07, 6.45) is 2.07. The lowest BCUT2D eigenvalue weighted by Gasteiger charge is -2.29. The van der Waals surface area contributed by atoms with Crippen molar-refractivity contribution in [1.82, 2.24) is 9.88 Å². The second-order valence-electron chi connectivity index (χ2n) is 7.11. The minimum absolute atomic E-state index is 0.00223. The van der Waals surface area contributed by atoms with Crippen LogP contribution in [0, 0.1) is 6.92 Å². The zero-order chi connectivity index (χ0) is 20.2. The van der Waals surface area contributed by atoms with Crippen LogP contribution in [0.1, 0.15) is 15.9 Å². The summed E-state index contributed by atoms with van der Waals surface area (Å²) in [5, 5.41) is 0.761. The molecule has 0 N–H and O–H groups in total. The van der Waals surface area contributed by atoms with Gasteiger partial charge in [0.15, 0.2) is 5.13 Å². The van der Waals surface area contributed by atoms with E-state index in [0.717, 1.165) is 53.8 Å². The van der Waals surface area contributed by atoms with Crippen LogP contribution in [0.15, 0.2) is 47.4 Å². The van der Waals surface area contributed by atoms with Gasteiger partial charge in [0.25, 0.3) is 5.91 Å². The van der Waals surface area contributed by atoms with Gasteiger partial charge in [0.05, 0.1) is 23.4 Å². The van der Waals surface area contributed by atoms with Gasteiger partial charge in [-0.15, -0.1) is 11.8 Å². The largest absolute Gasteiger partial charge is 0.379 e. The fourth-order valence-electron chi connectivity index (χ4n) is 3.34. The number of fused-ring (bicyclic) bond motifs is 1. The van der Waals surface area contributed by atoms with E-state index in [9.17, 15) is 4.79 Å². The third-order valence-electron chi connectivity index (χ3n) is 5.10. The second kappa shape index (κ2) is 9.26. The van der Waals surface area contributed by atoms with Crippen molar-refractivity contribution in [2.45, 2.75) is 11.8 Å². The minimum atomic E-state index is 0.00223. The van der Waals surface area contributed by atoms with E-state index in [2.05, 4.69) is 23.3 Å². The van der Waals surface area contributed by atoms with Gasteiger partial charge in [0, 0.05) is 36.6 Å². The summed E-state index contributed by atoms with van der Waals surface area (Å²) in [6.45, 7) is 6.78. The summed E-state index contributed by atoms with van der Waals surface area (Å²) in [5.74, 6) is 0.00223. The number of rotatable bonds is 6. The average Bonchev–Trinajstić information content (AvgIpc) is 3.17. The molecule has 0 atom stereocenters. The molecule has 2 heterocycles. The number of hydrogen-bond acceptors (Lipinski definition) is 6. The van der Waals surface area contributed by atoms with Gasteiger partial charge in [-0.1, -0.05) is 29.0 Å². The molecule has 152 valence electrons. The average molecular weight is 428 g/mol. The molecule has 0 unspecified atom stereocenters. The first-order valence-electron chi connectivity index (χ1n) is 9.77. The maximum atomic E-state index is 13.4. The highest BCUT2D eigenvalue weighted by Gasteiger charge is 2.23. The van der Waals surface area contributed by atoms with Crippen molar-refractivity contribution in [1.29, 1.82) is 0 Å². The Bertz CT molecular complexity index is 981. The Morgan fingerprint density at radius 1 is 1.21 bits per heavy atom. The van der Waals surface area contributed by atoms with Gasteiger partial charge < -0.3 is 4.74 Å². The van der Waals surface area contributed by atoms with Crippen LogP contribution in [0.5, 0.6) is 0 Å². The maximum absolute atomic E-state index is 13.4. The number of ether oxygens (including phenoxy) is 1. The normalized spacial score (nSPS) is 15.0.